The zero-order valence-electron chi connectivity index (χ0n) is 13.1. The smallest absolute Gasteiger partial charge is 0.309 e. The second kappa shape index (κ2) is 5.63. The average Bonchev–Trinajstić information content (AvgIpc) is 2.51. The van der Waals surface area contributed by atoms with E-state index in [1.54, 1.807) is 0 Å². The van der Waals surface area contributed by atoms with E-state index in [2.05, 4.69) is 41.5 Å². The molecule has 3 unspecified atom stereocenters. The molecule has 0 saturated heterocycles. The highest BCUT2D eigenvalue weighted by Crippen LogP contribution is 2.55. The Kier molecular flexibility index (Phi) is 4.85. The topological polar surface area (TPSA) is 26.3 Å². The molecule has 0 spiro atoms. The lowest BCUT2D eigenvalue weighted by Gasteiger charge is -2.43. The molecule has 0 aromatic rings. The van der Waals surface area contributed by atoms with Crippen molar-refractivity contribution < 1.29 is 9.53 Å². The van der Waals surface area contributed by atoms with Crippen LogP contribution in [0.5, 0.6) is 0 Å². The van der Waals surface area contributed by atoms with Gasteiger partial charge in [0.2, 0.25) is 0 Å². The Balaban J connectivity index is 3.09. The van der Waals surface area contributed by atoms with Gasteiger partial charge in [-0.25, -0.2) is 0 Å². The van der Waals surface area contributed by atoms with Crippen molar-refractivity contribution in [2.45, 2.75) is 54.4 Å². The van der Waals surface area contributed by atoms with Gasteiger partial charge in [0.25, 0.3) is 0 Å². The molecule has 106 valence electrons. The van der Waals surface area contributed by atoms with Crippen molar-refractivity contribution in [3.63, 3.8) is 0 Å². The third kappa shape index (κ3) is 2.73. The third-order valence-corrected chi connectivity index (χ3v) is 4.91. The molecule has 0 aromatic carbocycles. The van der Waals surface area contributed by atoms with Crippen LogP contribution in [0.15, 0.2) is 0 Å². The molecule has 0 amide bonds. The summed E-state index contributed by atoms with van der Waals surface area (Å²) in [6.07, 6.45) is 2.13. The van der Waals surface area contributed by atoms with Gasteiger partial charge in [0.1, 0.15) is 0 Å². The Bertz CT molecular complexity index is 287. The molecule has 0 bridgehead atoms. The van der Waals surface area contributed by atoms with E-state index < -0.39 is 0 Å². The van der Waals surface area contributed by atoms with Gasteiger partial charge in [-0.15, -0.1) is 0 Å². The number of esters is 1. The van der Waals surface area contributed by atoms with Crippen LogP contribution in [0.4, 0.5) is 0 Å². The Morgan fingerprint density at radius 3 is 2.11 bits per heavy atom. The highest BCUT2D eigenvalue weighted by Gasteiger charge is 2.52. The normalized spacial score (nSPS) is 32.6. The van der Waals surface area contributed by atoms with E-state index in [-0.39, 0.29) is 17.3 Å². The van der Waals surface area contributed by atoms with Crippen LogP contribution >= 0.6 is 0 Å². The molecule has 2 nitrogen and oxygen atoms in total. The van der Waals surface area contributed by atoms with Gasteiger partial charge in [-0.3, -0.25) is 4.79 Å². The molecule has 18 heavy (non-hydrogen) atoms. The van der Waals surface area contributed by atoms with E-state index in [9.17, 15) is 4.79 Å². The fourth-order valence-electron chi connectivity index (χ4n) is 4.82. The van der Waals surface area contributed by atoms with Crippen LogP contribution in [0.25, 0.3) is 0 Å². The SMILES string of the molecule is COC(=O)C1CC(C)CC1(C)C(C(C)C)C(C)C. The Hall–Kier alpha value is -0.530. The summed E-state index contributed by atoms with van der Waals surface area (Å²) in [6.45, 7) is 13.7. The molecule has 0 radical (unpaired) electrons. The maximum atomic E-state index is 12.1. The number of carbonyl (C=O) groups excluding carboxylic acids is 1. The molecule has 3 atom stereocenters. The van der Waals surface area contributed by atoms with Crippen LogP contribution in [-0.4, -0.2) is 13.1 Å². The highest BCUT2D eigenvalue weighted by atomic mass is 16.5. The van der Waals surface area contributed by atoms with Crippen molar-refractivity contribution in [1.29, 1.82) is 0 Å². The van der Waals surface area contributed by atoms with Gasteiger partial charge in [0.05, 0.1) is 13.0 Å². The quantitative estimate of drug-likeness (QED) is 0.705. The summed E-state index contributed by atoms with van der Waals surface area (Å²) in [5.41, 5.74) is 0.0921. The summed E-state index contributed by atoms with van der Waals surface area (Å²) in [4.78, 5) is 12.1. The second-order valence-electron chi connectivity index (χ2n) is 7.14. The van der Waals surface area contributed by atoms with Crippen molar-refractivity contribution >= 4 is 5.97 Å². The zero-order valence-corrected chi connectivity index (χ0v) is 13.1. The van der Waals surface area contributed by atoms with Crippen LogP contribution in [0.3, 0.4) is 0 Å². The Labute approximate surface area is 112 Å². The summed E-state index contributed by atoms with van der Waals surface area (Å²) in [5, 5.41) is 0. The van der Waals surface area contributed by atoms with Gasteiger partial charge in [-0.2, -0.15) is 0 Å². The van der Waals surface area contributed by atoms with Crippen LogP contribution in [0.2, 0.25) is 0 Å². The molecule has 1 fully saturated rings. The lowest BCUT2D eigenvalue weighted by molar-refractivity contribution is -0.151. The molecule has 0 aromatic heterocycles. The largest absolute Gasteiger partial charge is 0.469 e. The maximum Gasteiger partial charge on any atom is 0.309 e. The van der Waals surface area contributed by atoms with Crippen LogP contribution in [0, 0.1) is 35.0 Å². The number of rotatable bonds is 4. The Morgan fingerprint density at radius 2 is 1.72 bits per heavy atom. The molecule has 1 aliphatic rings. The van der Waals surface area contributed by atoms with Crippen LogP contribution in [0.1, 0.15) is 54.4 Å². The fraction of sp³-hybridized carbons (Fsp3) is 0.938. The molecule has 0 heterocycles. The van der Waals surface area contributed by atoms with Gasteiger partial charge < -0.3 is 4.74 Å². The van der Waals surface area contributed by atoms with Gasteiger partial charge >= 0.3 is 5.97 Å². The first-order valence-corrected chi connectivity index (χ1v) is 7.31. The van der Waals surface area contributed by atoms with Crippen LogP contribution < -0.4 is 0 Å². The van der Waals surface area contributed by atoms with Gasteiger partial charge in [0, 0.05) is 0 Å². The van der Waals surface area contributed by atoms with Crippen molar-refractivity contribution in [2.24, 2.45) is 35.0 Å². The van der Waals surface area contributed by atoms with Gasteiger partial charge in [-0.1, -0.05) is 41.5 Å². The summed E-state index contributed by atoms with van der Waals surface area (Å²) < 4.78 is 5.05. The van der Waals surface area contributed by atoms with Crippen molar-refractivity contribution in [3.05, 3.63) is 0 Å². The fourth-order valence-corrected chi connectivity index (χ4v) is 4.82. The molecule has 1 aliphatic carbocycles. The minimum Gasteiger partial charge on any atom is -0.469 e. The van der Waals surface area contributed by atoms with Crippen molar-refractivity contribution in [2.75, 3.05) is 7.11 Å². The molecule has 1 rings (SSSR count). The standard InChI is InChI=1S/C16H30O2/c1-10(2)14(11(3)4)16(6)9-12(5)8-13(16)15(17)18-7/h10-14H,8-9H2,1-7H3. The second-order valence-corrected chi connectivity index (χ2v) is 7.14. The summed E-state index contributed by atoms with van der Waals surface area (Å²) >= 11 is 0. The number of ether oxygens (including phenoxy) is 1. The average molecular weight is 254 g/mol. The molecular formula is C16H30O2. The van der Waals surface area contributed by atoms with E-state index in [1.165, 1.54) is 7.11 Å². The minimum absolute atomic E-state index is 0.00634. The predicted molar refractivity (Wildman–Crippen MR) is 75.2 cm³/mol. The number of carbonyl (C=O) groups is 1. The number of hydrogen-bond acceptors (Lipinski definition) is 2. The first kappa shape index (κ1) is 15.5. The van der Waals surface area contributed by atoms with Crippen LogP contribution in [-0.2, 0) is 9.53 Å². The van der Waals surface area contributed by atoms with E-state index in [0.717, 1.165) is 12.8 Å². The molecule has 0 aliphatic heterocycles. The lowest BCUT2D eigenvalue weighted by Crippen LogP contribution is -2.41. The monoisotopic (exact) mass is 254 g/mol. The van der Waals surface area contributed by atoms with E-state index in [0.29, 0.717) is 23.7 Å². The Morgan fingerprint density at radius 1 is 1.22 bits per heavy atom. The first-order chi connectivity index (χ1) is 8.24. The number of methoxy groups -OCH3 is 1. The highest BCUT2D eigenvalue weighted by molar-refractivity contribution is 5.73. The number of hydrogen-bond donors (Lipinski definition) is 0. The first-order valence-electron chi connectivity index (χ1n) is 7.31. The molecule has 0 N–H and O–H groups in total. The minimum atomic E-state index is -0.00634. The molecule has 1 saturated carbocycles. The molecule has 2 heteroatoms. The van der Waals surface area contributed by atoms with Gasteiger partial charge in [0.15, 0.2) is 0 Å². The summed E-state index contributed by atoms with van der Waals surface area (Å²) in [6, 6.07) is 0. The maximum absolute atomic E-state index is 12.1. The molecular weight excluding hydrogens is 224 g/mol. The summed E-state index contributed by atoms with van der Waals surface area (Å²) in [7, 11) is 1.52. The van der Waals surface area contributed by atoms with E-state index in [4.69, 9.17) is 4.74 Å². The van der Waals surface area contributed by atoms with Crippen molar-refractivity contribution in [3.8, 4) is 0 Å². The van der Waals surface area contributed by atoms with E-state index >= 15 is 0 Å². The zero-order chi connectivity index (χ0) is 14.1. The van der Waals surface area contributed by atoms with E-state index in [1.807, 2.05) is 0 Å². The van der Waals surface area contributed by atoms with Gasteiger partial charge in [-0.05, 0) is 41.9 Å². The predicted octanol–water partition coefficient (Wildman–Crippen LogP) is 4.14. The summed E-state index contributed by atoms with van der Waals surface area (Å²) in [5.74, 6) is 2.48. The lowest BCUT2D eigenvalue weighted by atomic mass is 9.61. The third-order valence-electron chi connectivity index (χ3n) is 4.91. The van der Waals surface area contributed by atoms with Crippen molar-refractivity contribution in [1.82, 2.24) is 0 Å².